The van der Waals surface area contributed by atoms with Gasteiger partial charge in [0.1, 0.15) is 0 Å². The predicted octanol–water partition coefficient (Wildman–Crippen LogP) is 1.46. The van der Waals surface area contributed by atoms with E-state index in [0.29, 0.717) is 0 Å². The van der Waals surface area contributed by atoms with E-state index in [2.05, 4.69) is 27.9 Å². The van der Waals surface area contributed by atoms with Crippen LogP contribution in [0.4, 0.5) is 0 Å². The molecule has 3 rings (SSSR count). The fourth-order valence-electron chi connectivity index (χ4n) is 4.19. The zero-order valence-corrected chi connectivity index (χ0v) is 13.5. The molecule has 0 aromatic rings. The standard InChI is InChI=1S/C10H22As2N2/c1-9-5-7-13(3)11(9)14(4)8-6-10(2)12(13)14/h9-10H,5-8H2,1-4H3/q+2. The fourth-order valence-corrected chi connectivity index (χ4v) is 37.4. The minimum absolute atomic E-state index is 0.571. The van der Waals surface area contributed by atoms with Crippen molar-refractivity contribution in [1.82, 2.24) is 0 Å². The van der Waals surface area contributed by atoms with E-state index in [1.807, 2.05) is 0 Å². The molecule has 3 saturated heterocycles. The van der Waals surface area contributed by atoms with Crippen LogP contribution in [0.25, 0.3) is 0 Å². The average Bonchev–Trinajstić information content (AvgIpc) is 2.49. The molecule has 0 N–H and O–H groups in total. The summed E-state index contributed by atoms with van der Waals surface area (Å²) < 4.78 is 5.65. The molecule has 0 aromatic heterocycles. The van der Waals surface area contributed by atoms with Crippen molar-refractivity contribution in [2.75, 3.05) is 27.2 Å². The van der Waals surface area contributed by atoms with Gasteiger partial charge in [0.05, 0.1) is 0 Å². The molecule has 2 nitrogen and oxygen atoms in total. The molecule has 14 heavy (non-hydrogen) atoms. The van der Waals surface area contributed by atoms with Gasteiger partial charge in [0, 0.05) is 0 Å². The van der Waals surface area contributed by atoms with Gasteiger partial charge in [-0.3, -0.25) is 0 Å². The summed E-state index contributed by atoms with van der Waals surface area (Å²) in [4.78, 5) is 0. The van der Waals surface area contributed by atoms with Crippen LogP contribution in [-0.4, -0.2) is 62.0 Å². The van der Waals surface area contributed by atoms with Crippen LogP contribution in [0.15, 0.2) is 0 Å². The first-order valence-corrected chi connectivity index (χ1v) is 11.3. The van der Waals surface area contributed by atoms with Crippen LogP contribution >= 0.6 is 0 Å². The van der Waals surface area contributed by atoms with Gasteiger partial charge in [-0.05, 0) is 0 Å². The van der Waals surface area contributed by atoms with Gasteiger partial charge >= 0.3 is 98.1 Å². The van der Waals surface area contributed by atoms with E-state index < -0.39 is 30.2 Å². The Labute approximate surface area is 97.9 Å². The van der Waals surface area contributed by atoms with Gasteiger partial charge in [0.25, 0.3) is 0 Å². The third-order valence-electron chi connectivity index (χ3n) is 4.50. The molecule has 2 unspecified atom stereocenters. The third-order valence-corrected chi connectivity index (χ3v) is 26.0. The van der Waals surface area contributed by atoms with Crippen LogP contribution < -0.4 is 0 Å². The first-order chi connectivity index (χ1) is 6.50. The Hall–Kier alpha value is 1.04. The summed E-state index contributed by atoms with van der Waals surface area (Å²) >= 11 is -1.14. The topological polar surface area (TPSA) is 0 Å². The summed E-state index contributed by atoms with van der Waals surface area (Å²) in [6, 6.07) is 0. The van der Waals surface area contributed by atoms with Crippen molar-refractivity contribution in [3.05, 3.63) is 0 Å². The van der Waals surface area contributed by atoms with Gasteiger partial charge in [-0.15, -0.1) is 0 Å². The van der Waals surface area contributed by atoms with Gasteiger partial charge in [0.2, 0.25) is 0 Å². The fraction of sp³-hybridized carbons (Fsp3) is 1.00. The molecule has 3 aliphatic rings. The average molecular weight is 320 g/mol. The molecule has 3 heterocycles. The van der Waals surface area contributed by atoms with Crippen molar-refractivity contribution in [3.63, 3.8) is 0 Å². The van der Waals surface area contributed by atoms with Crippen molar-refractivity contribution in [2.45, 2.75) is 36.1 Å². The zero-order chi connectivity index (χ0) is 10.1. The predicted molar refractivity (Wildman–Crippen MR) is 61.7 cm³/mol. The second kappa shape index (κ2) is 2.83. The summed E-state index contributed by atoms with van der Waals surface area (Å²) in [5, 5.41) is 0. The molecule has 0 amide bonds. The maximum atomic E-state index is 2.64. The Bertz CT molecular complexity index is 245. The van der Waals surface area contributed by atoms with Crippen LogP contribution in [0.3, 0.4) is 0 Å². The van der Waals surface area contributed by atoms with Crippen LogP contribution in [0.2, 0.25) is 9.41 Å². The van der Waals surface area contributed by atoms with E-state index in [1.54, 1.807) is 30.6 Å². The number of nitrogens with zero attached hydrogens (tertiary/aromatic N) is 2. The molecule has 80 valence electrons. The third kappa shape index (κ3) is 0.931. The SMILES string of the molecule is CC1CC[N+]2(C)[As]1[N+]1(C)CCC(C)[As]21. The number of hydrogen-bond donors (Lipinski definition) is 0. The summed E-state index contributed by atoms with van der Waals surface area (Å²) in [5.74, 6) is 0. The molecular formula is C10H22As2N2+2. The Morgan fingerprint density at radius 2 is 1.21 bits per heavy atom. The zero-order valence-electron chi connectivity index (χ0n) is 9.77. The van der Waals surface area contributed by atoms with Crippen molar-refractivity contribution < 1.29 is 4.63 Å². The number of rotatable bonds is 0. The summed E-state index contributed by atoms with van der Waals surface area (Å²) in [5.41, 5.74) is 0. The van der Waals surface area contributed by atoms with Crippen molar-refractivity contribution in [3.8, 4) is 0 Å². The van der Waals surface area contributed by atoms with E-state index in [-0.39, 0.29) is 0 Å². The summed E-state index contributed by atoms with van der Waals surface area (Å²) in [7, 11) is 5.29. The van der Waals surface area contributed by atoms with Gasteiger partial charge in [-0.2, -0.15) is 0 Å². The van der Waals surface area contributed by atoms with Crippen molar-refractivity contribution in [2.24, 2.45) is 0 Å². The minimum atomic E-state index is -0.571. The molecule has 0 spiro atoms. The number of hydrogen-bond acceptors (Lipinski definition) is 0. The molecule has 3 fully saturated rings. The first-order valence-electron chi connectivity index (χ1n) is 5.81. The molecule has 2 atom stereocenters. The number of quaternary nitrogens is 2. The second-order valence-electron chi connectivity index (χ2n) is 5.54. The molecule has 4 heteroatoms. The quantitative estimate of drug-likeness (QED) is 0.593. The Balaban J connectivity index is 2.00. The Morgan fingerprint density at radius 1 is 0.857 bits per heavy atom. The van der Waals surface area contributed by atoms with Gasteiger partial charge < -0.3 is 0 Å². The van der Waals surface area contributed by atoms with Crippen LogP contribution in [0.1, 0.15) is 26.7 Å². The van der Waals surface area contributed by atoms with E-state index in [9.17, 15) is 0 Å². The maximum absolute atomic E-state index is 2.64. The number of fused-ring (bicyclic) bond motifs is 4. The second-order valence-corrected chi connectivity index (χ2v) is 22.3. The Kier molecular flexibility index (Phi) is 2.06. The summed E-state index contributed by atoms with van der Waals surface area (Å²) in [6.45, 7) is 8.25. The van der Waals surface area contributed by atoms with Gasteiger partial charge in [-0.1, -0.05) is 0 Å². The normalized spacial score (nSPS) is 66.0. The molecule has 0 aromatic carbocycles. The Morgan fingerprint density at radius 3 is 1.57 bits per heavy atom. The van der Waals surface area contributed by atoms with Crippen molar-refractivity contribution in [1.29, 1.82) is 0 Å². The van der Waals surface area contributed by atoms with Gasteiger partial charge in [0.15, 0.2) is 0 Å². The molecule has 0 radical (unpaired) electrons. The van der Waals surface area contributed by atoms with Crippen LogP contribution in [0.5, 0.6) is 0 Å². The van der Waals surface area contributed by atoms with E-state index in [1.165, 1.54) is 0 Å². The van der Waals surface area contributed by atoms with Crippen LogP contribution in [-0.2, 0) is 0 Å². The van der Waals surface area contributed by atoms with Crippen molar-refractivity contribution >= 4 is 30.2 Å². The molecular weight excluding hydrogens is 298 g/mol. The first kappa shape index (κ1) is 10.2. The van der Waals surface area contributed by atoms with E-state index >= 15 is 0 Å². The van der Waals surface area contributed by atoms with Crippen LogP contribution in [0, 0.1) is 0 Å². The monoisotopic (exact) mass is 320 g/mol. The molecule has 0 saturated carbocycles. The molecule has 3 aliphatic heterocycles. The van der Waals surface area contributed by atoms with Gasteiger partial charge in [-0.25, -0.2) is 0 Å². The van der Waals surface area contributed by atoms with E-state index in [0.717, 1.165) is 9.41 Å². The molecule has 0 aliphatic carbocycles. The summed E-state index contributed by atoms with van der Waals surface area (Å²) in [6.07, 6.45) is 3.12. The molecule has 0 bridgehead atoms. The van der Waals surface area contributed by atoms with E-state index in [4.69, 9.17) is 0 Å².